The van der Waals surface area contributed by atoms with Crippen LogP contribution in [0.3, 0.4) is 0 Å². The Balaban J connectivity index is 1.72. The highest BCUT2D eigenvalue weighted by Crippen LogP contribution is 2.48. The molecule has 0 amide bonds. The average molecular weight is 402 g/mol. The Kier molecular flexibility index (Phi) is 7.38. The Hall–Kier alpha value is -2.52. The molecule has 0 bridgehead atoms. The first-order valence-corrected chi connectivity index (χ1v) is 10.9. The first kappa shape index (κ1) is 22.2. The van der Waals surface area contributed by atoms with Crippen molar-refractivity contribution in [1.29, 1.82) is 0 Å². The van der Waals surface area contributed by atoms with Crippen LogP contribution in [0, 0.1) is 17.3 Å². The molecule has 3 rings (SSSR count). The highest BCUT2D eigenvalue weighted by atomic mass is 15.1. The van der Waals surface area contributed by atoms with Gasteiger partial charge in [0.2, 0.25) is 0 Å². The van der Waals surface area contributed by atoms with Crippen molar-refractivity contribution in [3.05, 3.63) is 97.1 Å². The van der Waals surface area contributed by atoms with Crippen molar-refractivity contribution in [2.75, 3.05) is 6.54 Å². The van der Waals surface area contributed by atoms with Crippen molar-refractivity contribution in [3.63, 3.8) is 0 Å². The molecule has 1 fully saturated rings. The summed E-state index contributed by atoms with van der Waals surface area (Å²) < 4.78 is 0. The fraction of sp³-hybridized carbons (Fsp3) is 0.407. The molecule has 0 radical (unpaired) electrons. The summed E-state index contributed by atoms with van der Waals surface area (Å²) in [5.41, 5.74) is 4.85. The maximum atomic E-state index is 4.53. The van der Waals surface area contributed by atoms with Gasteiger partial charge >= 0.3 is 0 Å². The summed E-state index contributed by atoms with van der Waals surface area (Å²) in [4.78, 5) is 11.5. The first-order valence-electron chi connectivity index (χ1n) is 10.9. The Morgan fingerprint density at radius 2 is 1.70 bits per heavy atom. The Morgan fingerprint density at radius 1 is 1.10 bits per heavy atom. The molecule has 3 atom stereocenters. The summed E-state index contributed by atoms with van der Waals surface area (Å²) in [7, 11) is 0. The van der Waals surface area contributed by atoms with Crippen LogP contribution < -0.4 is 0 Å². The highest BCUT2D eigenvalue weighted by molar-refractivity contribution is 5.17. The molecule has 2 aromatic heterocycles. The van der Waals surface area contributed by atoms with Gasteiger partial charge in [0.15, 0.2) is 0 Å². The molecule has 0 spiro atoms. The van der Waals surface area contributed by atoms with E-state index in [-0.39, 0.29) is 5.41 Å². The normalized spacial score (nSPS) is 23.8. The van der Waals surface area contributed by atoms with Crippen LogP contribution >= 0.6 is 0 Å². The van der Waals surface area contributed by atoms with Gasteiger partial charge in [0, 0.05) is 32.0 Å². The Bertz CT molecular complexity index is 817. The molecule has 30 heavy (non-hydrogen) atoms. The van der Waals surface area contributed by atoms with Crippen LogP contribution in [-0.2, 0) is 13.1 Å². The zero-order valence-electron chi connectivity index (χ0n) is 18.6. The van der Waals surface area contributed by atoms with Gasteiger partial charge in [-0.2, -0.15) is 0 Å². The minimum absolute atomic E-state index is 0.143. The van der Waals surface area contributed by atoms with Crippen molar-refractivity contribution in [2.24, 2.45) is 17.3 Å². The molecule has 158 valence electrons. The van der Waals surface area contributed by atoms with Gasteiger partial charge in [0.1, 0.15) is 0 Å². The molecule has 0 N–H and O–H groups in total. The van der Waals surface area contributed by atoms with Crippen molar-refractivity contribution in [3.8, 4) is 0 Å². The molecule has 2 heterocycles. The first-order chi connectivity index (χ1) is 14.4. The van der Waals surface area contributed by atoms with E-state index in [1.807, 2.05) is 36.7 Å². The molecule has 0 aliphatic heterocycles. The van der Waals surface area contributed by atoms with E-state index in [1.165, 1.54) is 11.1 Å². The van der Waals surface area contributed by atoms with Crippen LogP contribution in [0.2, 0.25) is 0 Å². The standard InChI is InChI=1S/C27H35N3/c1-6-27(5)14-13-23(17-26(27)21(2)3)22(4)18-30(19-24-11-7-9-15-28-24)20-25-12-8-10-16-29-25/h6-12,15-16,23,26H,1-2,4,13-14,17-20H2,3,5H3/t23-,26+,27-/m1/s1. The van der Waals surface area contributed by atoms with Gasteiger partial charge in [-0.15, -0.1) is 6.58 Å². The predicted molar refractivity (Wildman–Crippen MR) is 126 cm³/mol. The summed E-state index contributed by atoms with van der Waals surface area (Å²) >= 11 is 0. The van der Waals surface area contributed by atoms with E-state index in [4.69, 9.17) is 0 Å². The van der Waals surface area contributed by atoms with E-state index in [9.17, 15) is 0 Å². The second-order valence-corrected chi connectivity index (χ2v) is 9.03. The number of hydrogen-bond donors (Lipinski definition) is 0. The molecular weight excluding hydrogens is 366 g/mol. The van der Waals surface area contributed by atoms with Gasteiger partial charge in [-0.05, 0) is 67.7 Å². The second kappa shape index (κ2) is 9.99. The van der Waals surface area contributed by atoms with Gasteiger partial charge in [-0.3, -0.25) is 14.9 Å². The second-order valence-electron chi connectivity index (χ2n) is 9.03. The molecule has 3 nitrogen and oxygen atoms in total. The van der Waals surface area contributed by atoms with Crippen LogP contribution in [0.15, 0.2) is 85.8 Å². The minimum Gasteiger partial charge on any atom is -0.288 e. The third-order valence-electron chi connectivity index (χ3n) is 6.64. The highest BCUT2D eigenvalue weighted by Gasteiger charge is 2.38. The van der Waals surface area contributed by atoms with Crippen LogP contribution in [0.25, 0.3) is 0 Å². The molecule has 1 aliphatic rings. The van der Waals surface area contributed by atoms with E-state index in [2.05, 4.69) is 66.7 Å². The molecule has 1 saturated carbocycles. The van der Waals surface area contributed by atoms with Crippen LogP contribution in [0.1, 0.15) is 44.5 Å². The maximum Gasteiger partial charge on any atom is 0.0544 e. The lowest BCUT2D eigenvalue weighted by Crippen LogP contribution is -2.36. The fourth-order valence-corrected chi connectivity index (χ4v) is 4.74. The molecule has 0 saturated heterocycles. The third kappa shape index (κ3) is 5.54. The van der Waals surface area contributed by atoms with Crippen molar-refractivity contribution < 1.29 is 0 Å². The van der Waals surface area contributed by atoms with E-state index in [1.54, 1.807) is 0 Å². The summed E-state index contributed by atoms with van der Waals surface area (Å²) in [5, 5.41) is 0. The number of aromatic nitrogens is 2. The lowest BCUT2D eigenvalue weighted by atomic mass is 9.61. The fourth-order valence-electron chi connectivity index (χ4n) is 4.74. The number of hydrogen-bond acceptors (Lipinski definition) is 3. The molecule has 0 unspecified atom stereocenters. The lowest BCUT2D eigenvalue weighted by molar-refractivity contribution is 0.161. The summed E-state index contributed by atoms with van der Waals surface area (Å²) in [6.45, 7) is 19.8. The van der Waals surface area contributed by atoms with Gasteiger partial charge < -0.3 is 0 Å². The number of rotatable bonds is 9. The Morgan fingerprint density at radius 3 is 2.17 bits per heavy atom. The van der Waals surface area contributed by atoms with E-state index < -0.39 is 0 Å². The monoisotopic (exact) mass is 401 g/mol. The molecule has 3 heteroatoms. The van der Waals surface area contributed by atoms with Crippen molar-refractivity contribution in [2.45, 2.75) is 46.2 Å². The van der Waals surface area contributed by atoms with Gasteiger partial charge in [-0.25, -0.2) is 0 Å². The Labute approximate surface area is 182 Å². The zero-order chi connectivity index (χ0) is 21.6. The topological polar surface area (TPSA) is 29.0 Å². The van der Waals surface area contributed by atoms with E-state index in [0.717, 1.165) is 50.3 Å². The van der Waals surface area contributed by atoms with E-state index in [0.29, 0.717) is 11.8 Å². The van der Waals surface area contributed by atoms with Crippen LogP contribution in [0.4, 0.5) is 0 Å². The maximum absolute atomic E-state index is 4.53. The van der Waals surface area contributed by atoms with Crippen molar-refractivity contribution >= 4 is 0 Å². The number of allylic oxidation sites excluding steroid dienone is 2. The smallest absolute Gasteiger partial charge is 0.0544 e. The van der Waals surface area contributed by atoms with Gasteiger partial charge in [0.25, 0.3) is 0 Å². The number of nitrogens with zero attached hydrogens (tertiary/aromatic N) is 3. The summed E-state index contributed by atoms with van der Waals surface area (Å²) in [6.07, 6.45) is 9.26. The van der Waals surface area contributed by atoms with E-state index >= 15 is 0 Å². The lowest BCUT2D eigenvalue weighted by Gasteiger charge is -2.44. The zero-order valence-corrected chi connectivity index (χ0v) is 18.6. The SMILES string of the molecule is C=C[C@]1(C)CC[C@@H](C(=C)CN(Cc2ccccn2)Cc2ccccn2)C[C@H]1C(=C)C. The molecular formula is C27H35N3. The summed E-state index contributed by atoms with van der Waals surface area (Å²) in [5.74, 6) is 0.972. The molecule has 2 aromatic rings. The minimum atomic E-state index is 0.143. The van der Waals surface area contributed by atoms with Crippen LogP contribution in [0.5, 0.6) is 0 Å². The largest absolute Gasteiger partial charge is 0.288 e. The molecule has 0 aromatic carbocycles. The van der Waals surface area contributed by atoms with Crippen molar-refractivity contribution in [1.82, 2.24) is 14.9 Å². The average Bonchev–Trinajstić information content (AvgIpc) is 2.75. The third-order valence-corrected chi connectivity index (χ3v) is 6.64. The van der Waals surface area contributed by atoms with Gasteiger partial charge in [-0.1, -0.05) is 49.4 Å². The van der Waals surface area contributed by atoms with Crippen LogP contribution in [-0.4, -0.2) is 21.4 Å². The summed E-state index contributed by atoms with van der Waals surface area (Å²) in [6, 6.07) is 12.2. The van der Waals surface area contributed by atoms with Gasteiger partial charge in [0.05, 0.1) is 11.4 Å². The number of pyridine rings is 2. The molecule has 1 aliphatic carbocycles. The quantitative estimate of drug-likeness (QED) is 0.467. The predicted octanol–water partition coefficient (Wildman–Crippen LogP) is 6.22.